The Morgan fingerprint density at radius 3 is 2.10 bits per heavy atom. The van der Waals surface area contributed by atoms with E-state index in [1.54, 1.807) is 0 Å². The van der Waals surface area contributed by atoms with E-state index >= 15 is 0 Å². The highest BCUT2D eigenvalue weighted by molar-refractivity contribution is 5.49. The fraction of sp³-hybridized carbons (Fsp3) is 0.176. The standard InChI is InChI=1S/C17H15F3/c18-17(19,20)16-12-10-15(11-13-16)9-5-4-8-14-6-2-1-3-7-14/h1-3,5-7,9-13H,4,8H2/b9-5+. The Balaban J connectivity index is 1.89. The second kappa shape index (κ2) is 6.42. The first kappa shape index (κ1) is 14.4. The first-order valence-corrected chi connectivity index (χ1v) is 6.43. The van der Waals surface area contributed by atoms with Gasteiger partial charge in [0, 0.05) is 0 Å². The van der Waals surface area contributed by atoms with Crippen LogP contribution in [0.5, 0.6) is 0 Å². The molecule has 104 valence electrons. The second-order valence-electron chi connectivity index (χ2n) is 4.55. The molecule has 0 aromatic heterocycles. The maximum atomic E-state index is 12.4. The van der Waals surface area contributed by atoms with Crippen molar-refractivity contribution in [1.82, 2.24) is 0 Å². The minimum absolute atomic E-state index is 0.612. The van der Waals surface area contributed by atoms with Crippen LogP contribution >= 0.6 is 0 Å². The fourth-order valence-corrected chi connectivity index (χ4v) is 1.90. The van der Waals surface area contributed by atoms with Gasteiger partial charge >= 0.3 is 6.18 Å². The van der Waals surface area contributed by atoms with Crippen molar-refractivity contribution in [1.29, 1.82) is 0 Å². The molecule has 0 bridgehead atoms. The minimum atomic E-state index is -4.27. The molecule has 0 atom stereocenters. The number of allylic oxidation sites excluding steroid dienone is 1. The molecule has 20 heavy (non-hydrogen) atoms. The van der Waals surface area contributed by atoms with Gasteiger partial charge in [-0.05, 0) is 36.1 Å². The number of aryl methyl sites for hydroxylation is 1. The number of alkyl halides is 3. The maximum Gasteiger partial charge on any atom is 0.416 e. The molecule has 0 amide bonds. The van der Waals surface area contributed by atoms with Gasteiger partial charge in [-0.15, -0.1) is 0 Å². The average molecular weight is 276 g/mol. The number of benzene rings is 2. The fourth-order valence-electron chi connectivity index (χ4n) is 1.90. The predicted molar refractivity (Wildman–Crippen MR) is 75.2 cm³/mol. The van der Waals surface area contributed by atoms with E-state index in [-0.39, 0.29) is 0 Å². The van der Waals surface area contributed by atoms with Crippen LogP contribution in [0.1, 0.15) is 23.1 Å². The van der Waals surface area contributed by atoms with Crippen molar-refractivity contribution < 1.29 is 13.2 Å². The van der Waals surface area contributed by atoms with E-state index in [0.717, 1.165) is 30.5 Å². The van der Waals surface area contributed by atoms with Crippen LogP contribution in [0.4, 0.5) is 13.2 Å². The molecule has 0 heterocycles. The van der Waals surface area contributed by atoms with Crippen molar-refractivity contribution in [3.05, 3.63) is 77.4 Å². The molecule has 0 nitrogen and oxygen atoms in total. The third-order valence-corrected chi connectivity index (χ3v) is 2.99. The van der Waals surface area contributed by atoms with Crippen LogP contribution < -0.4 is 0 Å². The van der Waals surface area contributed by atoms with Crippen LogP contribution in [0.15, 0.2) is 60.7 Å². The highest BCUT2D eigenvalue weighted by Gasteiger charge is 2.29. The molecule has 0 aliphatic rings. The van der Waals surface area contributed by atoms with Gasteiger partial charge in [0.1, 0.15) is 0 Å². The lowest BCUT2D eigenvalue weighted by molar-refractivity contribution is -0.137. The molecule has 0 aliphatic heterocycles. The Labute approximate surface area is 116 Å². The third kappa shape index (κ3) is 4.26. The molecule has 0 unspecified atom stereocenters. The maximum absolute atomic E-state index is 12.4. The summed E-state index contributed by atoms with van der Waals surface area (Å²) >= 11 is 0. The van der Waals surface area contributed by atoms with Gasteiger partial charge in [-0.1, -0.05) is 54.6 Å². The molecule has 0 saturated carbocycles. The van der Waals surface area contributed by atoms with E-state index in [1.807, 2.05) is 30.4 Å². The van der Waals surface area contributed by atoms with Crippen LogP contribution in [0.25, 0.3) is 6.08 Å². The van der Waals surface area contributed by atoms with E-state index in [0.29, 0.717) is 0 Å². The van der Waals surface area contributed by atoms with Crippen LogP contribution in [-0.4, -0.2) is 0 Å². The Morgan fingerprint density at radius 1 is 0.850 bits per heavy atom. The zero-order chi connectivity index (χ0) is 14.4. The van der Waals surface area contributed by atoms with E-state index < -0.39 is 11.7 Å². The lowest BCUT2D eigenvalue weighted by atomic mass is 10.1. The summed E-state index contributed by atoms with van der Waals surface area (Å²) in [7, 11) is 0. The lowest BCUT2D eigenvalue weighted by Crippen LogP contribution is -2.03. The number of hydrogen-bond acceptors (Lipinski definition) is 0. The Bertz CT molecular complexity index is 551. The molecule has 2 rings (SSSR count). The van der Waals surface area contributed by atoms with E-state index in [1.165, 1.54) is 17.7 Å². The van der Waals surface area contributed by atoms with Gasteiger partial charge in [0.05, 0.1) is 5.56 Å². The van der Waals surface area contributed by atoms with Crippen LogP contribution in [0.2, 0.25) is 0 Å². The van der Waals surface area contributed by atoms with Crippen molar-refractivity contribution in [3.63, 3.8) is 0 Å². The molecule has 0 aliphatic carbocycles. The smallest absolute Gasteiger partial charge is 0.166 e. The minimum Gasteiger partial charge on any atom is -0.166 e. The third-order valence-electron chi connectivity index (χ3n) is 2.99. The van der Waals surface area contributed by atoms with Gasteiger partial charge in [-0.3, -0.25) is 0 Å². The number of rotatable bonds is 4. The molecule has 0 fully saturated rings. The van der Waals surface area contributed by atoms with Gasteiger partial charge in [0.15, 0.2) is 0 Å². The topological polar surface area (TPSA) is 0 Å². The van der Waals surface area contributed by atoms with E-state index in [2.05, 4.69) is 12.1 Å². The quantitative estimate of drug-likeness (QED) is 0.706. The van der Waals surface area contributed by atoms with Gasteiger partial charge in [-0.2, -0.15) is 13.2 Å². The first-order chi connectivity index (χ1) is 9.55. The van der Waals surface area contributed by atoms with Crippen molar-refractivity contribution in [2.45, 2.75) is 19.0 Å². The van der Waals surface area contributed by atoms with Gasteiger partial charge < -0.3 is 0 Å². The lowest BCUT2D eigenvalue weighted by Gasteiger charge is -2.05. The van der Waals surface area contributed by atoms with Crippen molar-refractivity contribution in [2.24, 2.45) is 0 Å². The summed E-state index contributed by atoms with van der Waals surface area (Å²) in [4.78, 5) is 0. The van der Waals surface area contributed by atoms with Crippen molar-refractivity contribution in [2.75, 3.05) is 0 Å². The van der Waals surface area contributed by atoms with Crippen molar-refractivity contribution in [3.8, 4) is 0 Å². The molecular weight excluding hydrogens is 261 g/mol. The molecule has 0 N–H and O–H groups in total. The molecule has 3 heteroatoms. The Morgan fingerprint density at radius 2 is 1.50 bits per heavy atom. The predicted octanol–water partition coefficient (Wildman–Crippen LogP) is 5.35. The average Bonchev–Trinajstić information content (AvgIpc) is 2.44. The largest absolute Gasteiger partial charge is 0.416 e. The van der Waals surface area contributed by atoms with E-state index in [4.69, 9.17) is 0 Å². The highest BCUT2D eigenvalue weighted by atomic mass is 19.4. The summed E-state index contributed by atoms with van der Waals surface area (Å²) in [6.07, 6.45) is 1.36. The highest BCUT2D eigenvalue weighted by Crippen LogP contribution is 2.29. The summed E-state index contributed by atoms with van der Waals surface area (Å²) < 4.78 is 37.2. The Hall–Kier alpha value is -2.03. The molecule has 0 spiro atoms. The summed E-state index contributed by atoms with van der Waals surface area (Å²) in [6, 6.07) is 15.3. The zero-order valence-electron chi connectivity index (χ0n) is 10.9. The molecule has 2 aromatic carbocycles. The van der Waals surface area contributed by atoms with Crippen molar-refractivity contribution >= 4 is 6.08 Å². The van der Waals surface area contributed by atoms with Crippen LogP contribution in [0.3, 0.4) is 0 Å². The van der Waals surface area contributed by atoms with Crippen LogP contribution in [0, 0.1) is 0 Å². The summed E-state index contributed by atoms with van der Waals surface area (Å²) in [5.41, 5.74) is 1.43. The first-order valence-electron chi connectivity index (χ1n) is 6.43. The van der Waals surface area contributed by atoms with Gasteiger partial charge in [0.2, 0.25) is 0 Å². The second-order valence-corrected chi connectivity index (χ2v) is 4.55. The summed E-state index contributed by atoms with van der Waals surface area (Å²) in [5.74, 6) is 0. The summed E-state index contributed by atoms with van der Waals surface area (Å²) in [6.45, 7) is 0. The molecular formula is C17H15F3. The molecule has 2 aromatic rings. The zero-order valence-corrected chi connectivity index (χ0v) is 10.9. The summed E-state index contributed by atoms with van der Waals surface area (Å²) in [5, 5.41) is 0. The van der Waals surface area contributed by atoms with Gasteiger partial charge in [0.25, 0.3) is 0 Å². The van der Waals surface area contributed by atoms with Gasteiger partial charge in [-0.25, -0.2) is 0 Å². The number of hydrogen-bond donors (Lipinski definition) is 0. The van der Waals surface area contributed by atoms with Crippen LogP contribution in [-0.2, 0) is 12.6 Å². The molecule has 0 radical (unpaired) electrons. The monoisotopic (exact) mass is 276 g/mol. The Kier molecular flexibility index (Phi) is 4.61. The number of halogens is 3. The molecule has 0 saturated heterocycles. The van der Waals surface area contributed by atoms with E-state index in [9.17, 15) is 13.2 Å². The normalized spacial score (nSPS) is 11.9. The SMILES string of the molecule is FC(F)(F)c1ccc(/C=C/CCc2ccccc2)cc1.